The highest BCUT2D eigenvalue weighted by atomic mass is 127. The summed E-state index contributed by atoms with van der Waals surface area (Å²) in [6.45, 7) is 5.48. The number of benzene rings is 1. The number of halogens is 2. The van der Waals surface area contributed by atoms with E-state index >= 15 is 0 Å². The first-order valence-electron chi connectivity index (χ1n) is 9.60. The fourth-order valence-electron chi connectivity index (χ4n) is 3.25. The number of anilines is 1. The second-order valence-electron chi connectivity index (χ2n) is 7.20. The number of hydrogen-bond donors (Lipinski definition) is 1. The summed E-state index contributed by atoms with van der Waals surface area (Å²) in [4.78, 5) is 15.6. The van der Waals surface area contributed by atoms with Gasteiger partial charge in [0, 0.05) is 59.6 Å². The molecule has 1 N–H and O–H groups in total. The summed E-state index contributed by atoms with van der Waals surface area (Å²) in [6, 6.07) is 10.7. The average molecular weight is 512 g/mol. The van der Waals surface area contributed by atoms with Crippen LogP contribution in [0.15, 0.2) is 47.6 Å². The van der Waals surface area contributed by atoms with Crippen LogP contribution in [0.4, 0.5) is 10.2 Å². The third-order valence-corrected chi connectivity index (χ3v) is 4.99. The van der Waals surface area contributed by atoms with Crippen molar-refractivity contribution in [3.8, 4) is 0 Å². The molecule has 0 atom stereocenters. The number of pyridine rings is 1. The van der Waals surface area contributed by atoms with Crippen molar-refractivity contribution in [1.29, 1.82) is 0 Å². The van der Waals surface area contributed by atoms with Crippen LogP contribution < -0.4 is 10.2 Å². The van der Waals surface area contributed by atoms with Gasteiger partial charge in [-0.3, -0.25) is 4.99 Å². The Labute approximate surface area is 189 Å². The van der Waals surface area contributed by atoms with Crippen molar-refractivity contribution < 1.29 is 4.39 Å². The number of aromatic nitrogens is 1. The van der Waals surface area contributed by atoms with Gasteiger partial charge in [-0.2, -0.15) is 0 Å². The van der Waals surface area contributed by atoms with Crippen molar-refractivity contribution >= 4 is 35.8 Å². The van der Waals surface area contributed by atoms with Crippen LogP contribution in [-0.2, 0) is 13.1 Å². The monoisotopic (exact) mass is 512 g/mol. The molecule has 2 aromatic rings. The average Bonchev–Trinajstić information content (AvgIpc) is 2.71. The van der Waals surface area contributed by atoms with Crippen LogP contribution in [0.25, 0.3) is 0 Å². The molecule has 0 spiro atoms. The van der Waals surface area contributed by atoms with E-state index in [1.165, 1.54) is 12.1 Å². The quantitative estimate of drug-likeness (QED) is 0.380. The van der Waals surface area contributed by atoms with Gasteiger partial charge in [0.1, 0.15) is 11.6 Å². The van der Waals surface area contributed by atoms with Gasteiger partial charge in [0.15, 0.2) is 5.96 Å². The van der Waals surface area contributed by atoms with Gasteiger partial charge in [0.05, 0.1) is 0 Å². The van der Waals surface area contributed by atoms with E-state index in [1.54, 1.807) is 19.2 Å². The zero-order chi connectivity index (χ0) is 19.9. The molecule has 0 saturated carbocycles. The molecule has 158 valence electrons. The molecule has 2 heterocycles. The SMILES string of the molecule is CN=C(NCc1ccc(N2CCN(C)CC2)nc1)N(C)Cc1ccc(F)cc1.I. The molecular weight excluding hydrogens is 482 g/mol. The summed E-state index contributed by atoms with van der Waals surface area (Å²) in [5.41, 5.74) is 2.14. The number of aliphatic imine (C=N–C) groups is 1. The minimum Gasteiger partial charge on any atom is -0.354 e. The zero-order valence-electron chi connectivity index (χ0n) is 17.3. The maximum absolute atomic E-state index is 13.1. The van der Waals surface area contributed by atoms with E-state index in [0.29, 0.717) is 13.1 Å². The molecule has 0 unspecified atom stereocenters. The topological polar surface area (TPSA) is 47.0 Å². The van der Waals surface area contributed by atoms with Crippen molar-refractivity contribution in [2.45, 2.75) is 13.1 Å². The second-order valence-corrected chi connectivity index (χ2v) is 7.20. The predicted octanol–water partition coefficient (Wildman–Crippen LogP) is 2.80. The maximum Gasteiger partial charge on any atom is 0.193 e. The predicted molar refractivity (Wildman–Crippen MR) is 127 cm³/mol. The molecule has 1 aliphatic rings. The number of guanidine groups is 1. The van der Waals surface area contributed by atoms with Gasteiger partial charge in [-0.25, -0.2) is 9.37 Å². The van der Waals surface area contributed by atoms with Crippen LogP contribution in [0.5, 0.6) is 0 Å². The smallest absolute Gasteiger partial charge is 0.193 e. The highest BCUT2D eigenvalue weighted by Gasteiger charge is 2.15. The van der Waals surface area contributed by atoms with Gasteiger partial charge >= 0.3 is 0 Å². The van der Waals surface area contributed by atoms with Gasteiger partial charge in [-0.15, -0.1) is 24.0 Å². The Morgan fingerprint density at radius 1 is 1.10 bits per heavy atom. The van der Waals surface area contributed by atoms with E-state index in [4.69, 9.17) is 0 Å². The number of piperazine rings is 1. The van der Waals surface area contributed by atoms with Gasteiger partial charge in [-0.05, 0) is 36.4 Å². The molecule has 1 saturated heterocycles. The molecule has 0 amide bonds. The Morgan fingerprint density at radius 2 is 1.76 bits per heavy atom. The summed E-state index contributed by atoms with van der Waals surface area (Å²) in [5, 5.41) is 3.36. The summed E-state index contributed by atoms with van der Waals surface area (Å²) >= 11 is 0. The fourth-order valence-corrected chi connectivity index (χ4v) is 3.25. The van der Waals surface area contributed by atoms with Crippen molar-refractivity contribution in [3.05, 3.63) is 59.5 Å². The van der Waals surface area contributed by atoms with E-state index in [1.807, 2.05) is 18.1 Å². The lowest BCUT2D eigenvalue weighted by Gasteiger charge is -2.33. The molecule has 1 aromatic carbocycles. The molecule has 1 aromatic heterocycles. The van der Waals surface area contributed by atoms with Gasteiger partial charge in [0.2, 0.25) is 0 Å². The standard InChI is InChI=1S/C21H29FN6.HI/c1-23-21(27(3)16-17-4-7-19(22)8-5-17)25-15-18-6-9-20(24-14-18)28-12-10-26(2)11-13-28;/h4-9,14H,10-13,15-16H2,1-3H3,(H,23,25);1H. The largest absolute Gasteiger partial charge is 0.354 e. The Morgan fingerprint density at radius 3 is 2.34 bits per heavy atom. The first-order valence-corrected chi connectivity index (χ1v) is 9.60. The number of nitrogens with one attached hydrogen (secondary N) is 1. The number of rotatable bonds is 5. The van der Waals surface area contributed by atoms with Crippen LogP contribution >= 0.6 is 24.0 Å². The highest BCUT2D eigenvalue weighted by molar-refractivity contribution is 14.0. The van der Waals surface area contributed by atoms with Gasteiger partial charge in [0.25, 0.3) is 0 Å². The third-order valence-electron chi connectivity index (χ3n) is 4.99. The molecule has 29 heavy (non-hydrogen) atoms. The van der Waals surface area contributed by atoms with E-state index < -0.39 is 0 Å². The Balaban J connectivity index is 0.00000300. The third kappa shape index (κ3) is 6.81. The number of likely N-dealkylation sites (N-methyl/N-ethyl adjacent to an activating group) is 1. The van der Waals surface area contributed by atoms with Crippen LogP contribution in [0.2, 0.25) is 0 Å². The Hall–Kier alpha value is -1.94. The molecular formula is C21H30FIN6. The molecule has 0 radical (unpaired) electrons. The van der Waals surface area contributed by atoms with Gasteiger partial charge < -0.3 is 20.0 Å². The summed E-state index contributed by atoms with van der Waals surface area (Å²) in [5.74, 6) is 1.60. The minimum atomic E-state index is -0.221. The van der Waals surface area contributed by atoms with E-state index in [-0.39, 0.29) is 29.8 Å². The van der Waals surface area contributed by atoms with Crippen LogP contribution in [0.3, 0.4) is 0 Å². The molecule has 3 rings (SSSR count). The normalized spacial score (nSPS) is 15.0. The van der Waals surface area contributed by atoms with E-state index in [9.17, 15) is 4.39 Å². The lowest BCUT2D eigenvalue weighted by atomic mass is 10.2. The lowest BCUT2D eigenvalue weighted by molar-refractivity contribution is 0.312. The van der Waals surface area contributed by atoms with Crippen molar-refractivity contribution in [1.82, 2.24) is 20.1 Å². The molecule has 0 aliphatic carbocycles. The molecule has 1 fully saturated rings. The van der Waals surface area contributed by atoms with E-state index in [0.717, 1.165) is 49.1 Å². The summed E-state index contributed by atoms with van der Waals surface area (Å²) in [6.07, 6.45) is 1.92. The number of hydrogen-bond acceptors (Lipinski definition) is 4. The first-order chi connectivity index (χ1) is 13.5. The number of nitrogens with zero attached hydrogens (tertiary/aromatic N) is 5. The van der Waals surface area contributed by atoms with Crippen LogP contribution in [-0.4, -0.2) is 68.1 Å². The lowest BCUT2D eigenvalue weighted by Crippen LogP contribution is -2.44. The van der Waals surface area contributed by atoms with Crippen LogP contribution in [0, 0.1) is 5.82 Å². The highest BCUT2D eigenvalue weighted by Crippen LogP contribution is 2.13. The van der Waals surface area contributed by atoms with E-state index in [2.05, 4.69) is 44.3 Å². The Kier molecular flexibility index (Phi) is 9.09. The summed E-state index contributed by atoms with van der Waals surface area (Å²) in [7, 11) is 5.88. The molecule has 8 heteroatoms. The maximum atomic E-state index is 13.1. The van der Waals surface area contributed by atoms with Crippen molar-refractivity contribution in [2.24, 2.45) is 4.99 Å². The van der Waals surface area contributed by atoms with Crippen LogP contribution in [0.1, 0.15) is 11.1 Å². The molecule has 0 bridgehead atoms. The zero-order valence-corrected chi connectivity index (χ0v) is 19.6. The fraction of sp³-hybridized carbons (Fsp3) is 0.429. The molecule has 1 aliphatic heterocycles. The first kappa shape index (κ1) is 23.3. The van der Waals surface area contributed by atoms with Gasteiger partial charge in [-0.1, -0.05) is 18.2 Å². The Bertz CT molecular complexity index is 773. The minimum absolute atomic E-state index is 0. The molecule has 6 nitrogen and oxygen atoms in total. The second kappa shape index (κ2) is 11.3. The summed E-state index contributed by atoms with van der Waals surface area (Å²) < 4.78 is 13.1. The van der Waals surface area contributed by atoms with Crippen molar-refractivity contribution in [2.75, 3.05) is 52.2 Å². The van der Waals surface area contributed by atoms with Crippen molar-refractivity contribution in [3.63, 3.8) is 0 Å².